The third kappa shape index (κ3) is 4.87. The van der Waals surface area contributed by atoms with E-state index in [0.717, 1.165) is 0 Å². The van der Waals surface area contributed by atoms with Crippen LogP contribution < -0.4 is 10.5 Å². The van der Waals surface area contributed by atoms with Crippen LogP contribution in [-0.4, -0.2) is 31.6 Å². The number of hydrogen-bond acceptors (Lipinski definition) is 4. The molecule has 0 radical (unpaired) electrons. The summed E-state index contributed by atoms with van der Waals surface area (Å²) in [7, 11) is -3.53. The first-order chi connectivity index (χ1) is 7.90. The van der Waals surface area contributed by atoms with Crippen LogP contribution in [0, 0.1) is 5.95 Å². The Morgan fingerprint density at radius 1 is 1.53 bits per heavy atom. The van der Waals surface area contributed by atoms with Gasteiger partial charge in [0.2, 0.25) is 16.0 Å². The molecule has 1 heterocycles. The maximum absolute atomic E-state index is 13.1. The molecule has 8 heteroatoms. The SMILES string of the molecule is NS(=O)(=O)CCCNC(=O)c1cccnc1F. The fourth-order valence-electron chi connectivity index (χ4n) is 1.13. The molecule has 0 bridgehead atoms. The minimum Gasteiger partial charge on any atom is -0.352 e. The van der Waals surface area contributed by atoms with Gasteiger partial charge in [-0.1, -0.05) is 0 Å². The van der Waals surface area contributed by atoms with Crippen molar-refractivity contribution in [2.24, 2.45) is 5.14 Å². The highest BCUT2D eigenvalue weighted by molar-refractivity contribution is 7.89. The van der Waals surface area contributed by atoms with Crippen LogP contribution in [0.5, 0.6) is 0 Å². The summed E-state index contributed by atoms with van der Waals surface area (Å²) in [5.74, 6) is -1.73. The molecule has 1 aromatic heterocycles. The first-order valence-electron chi connectivity index (χ1n) is 4.79. The highest BCUT2D eigenvalue weighted by atomic mass is 32.2. The van der Waals surface area contributed by atoms with Gasteiger partial charge in [0, 0.05) is 12.7 Å². The number of nitrogens with one attached hydrogen (secondary N) is 1. The molecule has 3 N–H and O–H groups in total. The van der Waals surface area contributed by atoms with Crippen molar-refractivity contribution in [1.29, 1.82) is 0 Å². The van der Waals surface area contributed by atoms with Crippen LogP contribution in [-0.2, 0) is 10.0 Å². The number of sulfonamides is 1. The Morgan fingerprint density at radius 2 is 2.24 bits per heavy atom. The van der Waals surface area contributed by atoms with Gasteiger partial charge in [0.15, 0.2) is 0 Å². The molecular weight excluding hydrogens is 249 g/mol. The van der Waals surface area contributed by atoms with E-state index in [4.69, 9.17) is 5.14 Å². The Balaban J connectivity index is 2.44. The van der Waals surface area contributed by atoms with Crippen LogP contribution in [0.3, 0.4) is 0 Å². The number of primary sulfonamides is 1. The average Bonchev–Trinajstić information content (AvgIpc) is 2.23. The van der Waals surface area contributed by atoms with Crippen molar-refractivity contribution in [1.82, 2.24) is 10.3 Å². The molecule has 0 saturated heterocycles. The minimum absolute atomic E-state index is 0.101. The van der Waals surface area contributed by atoms with Crippen LogP contribution in [0.2, 0.25) is 0 Å². The molecule has 1 amide bonds. The Kier molecular flexibility index (Phi) is 4.53. The lowest BCUT2D eigenvalue weighted by molar-refractivity contribution is 0.0948. The maximum Gasteiger partial charge on any atom is 0.255 e. The Labute approximate surface area is 98.1 Å². The van der Waals surface area contributed by atoms with Crippen molar-refractivity contribution >= 4 is 15.9 Å². The second kappa shape index (κ2) is 5.69. The van der Waals surface area contributed by atoms with Crippen molar-refractivity contribution in [2.75, 3.05) is 12.3 Å². The number of hydrogen-bond donors (Lipinski definition) is 2. The van der Waals surface area contributed by atoms with E-state index in [0.29, 0.717) is 0 Å². The summed E-state index contributed by atoms with van der Waals surface area (Å²) in [4.78, 5) is 14.7. The molecule has 0 saturated carbocycles. The van der Waals surface area contributed by atoms with Crippen LogP contribution in [0.15, 0.2) is 18.3 Å². The van der Waals surface area contributed by atoms with Crippen LogP contribution >= 0.6 is 0 Å². The lowest BCUT2D eigenvalue weighted by atomic mass is 10.2. The molecule has 1 rings (SSSR count). The number of pyridine rings is 1. The second-order valence-corrected chi connectivity index (χ2v) is 5.05. The van der Waals surface area contributed by atoms with E-state index in [9.17, 15) is 17.6 Å². The van der Waals surface area contributed by atoms with Crippen molar-refractivity contribution < 1.29 is 17.6 Å². The summed E-state index contributed by atoms with van der Waals surface area (Å²) in [6, 6.07) is 2.72. The molecule has 0 fully saturated rings. The number of amides is 1. The average molecular weight is 261 g/mol. The summed E-state index contributed by atoms with van der Waals surface area (Å²) in [5.41, 5.74) is -0.178. The molecule has 0 aromatic carbocycles. The van der Waals surface area contributed by atoms with Crippen molar-refractivity contribution in [3.63, 3.8) is 0 Å². The van der Waals surface area contributed by atoms with Crippen LogP contribution in [0.4, 0.5) is 4.39 Å². The first kappa shape index (κ1) is 13.5. The smallest absolute Gasteiger partial charge is 0.255 e. The van der Waals surface area contributed by atoms with Gasteiger partial charge in [-0.2, -0.15) is 4.39 Å². The molecule has 1 aromatic rings. The number of aromatic nitrogens is 1. The predicted octanol–water partition coefficient (Wildman–Crippen LogP) is -0.371. The molecule has 0 atom stereocenters. The van der Waals surface area contributed by atoms with Gasteiger partial charge in [-0.05, 0) is 18.6 Å². The van der Waals surface area contributed by atoms with Gasteiger partial charge in [-0.25, -0.2) is 18.5 Å². The van der Waals surface area contributed by atoms with Gasteiger partial charge in [-0.3, -0.25) is 4.79 Å². The number of nitrogens with two attached hydrogens (primary N) is 1. The zero-order valence-corrected chi connectivity index (χ0v) is 9.71. The van der Waals surface area contributed by atoms with E-state index in [2.05, 4.69) is 10.3 Å². The Morgan fingerprint density at radius 3 is 2.82 bits per heavy atom. The summed E-state index contributed by atoms with van der Waals surface area (Å²) in [5, 5.41) is 7.15. The largest absolute Gasteiger partial charge is 0.352 e. The maximum atomic E-state index is 13.1. The zero-order valence-electron chi connectivity index (χ0n) is 8.89. The summed E-state index contributed by atoms with van der Waals surface area (Å²) < 4.78 is 34.2. The molecule has 6 nitrogen and oxygen atoms in total. The van der Waals surface area contributed by atoms with Crippen molar-refractivity contribution in [3.8, 4) is 0 Å². The number of rotatable bonds is 5. The molecule has 94 valence electrons. The summed E-state index contributed by atoms with van der Waals surface area (Å²) >= 11 is 0. The highest BCUT2D eigenvalue weighted by Crippen LogP contribution is 2.02. The van der Waals surface area contributed by atoms with Crippen LogP contribution in [0.25, 0.3) is 0 Å². The third-order valence-corrected chi connectivity index (χ3v) is 2.75. The highest BCUT2D eigenvalue weighted by Gasteiger charge is 2.11. The number of carbonyl (C=O) groups excluding carboxylic acids is 1. The van der Waals surface area contributed by atoms with Crippen molar-refractivity contribution in [3.05, 3.63) is 29.8 Å². The lowest BCUT2D eigenvalue weighted by Gasteiger charge is -2.04. The van der Waals surface area contributed by atoms with Crippen LogP contribution in [0.1, 0.15) is 16.8 Å². The standard InChI is InChI=1S/C9H12FN3O3S/c10-8-7(3-1-4-12-8)9(14)13-5-2-6-17(11,15)16/h1,3-4H,2,5-6H2,(H,13,14)(H2,11,15,16). The van der Waals surface area contributed by atoms with Gasteiger partial charge < -0.3 is 5.32 Å². The topological polar surface area (TPSA) is 102 Å². The van der Waals surface area contributed by atoms with E-state index in [1.54, 1.807) is 0 Å². The van der Waals surface area contributed by atoms with E-state index >= 15 is 0 Å². The molecule has 0 aliphatic rings. The Hall–Kier alpha value is -1.54. The number of halogens is 1. The molecule has 0 aliphatic carbocycles. The van der Waals surface area contributed by atoms with Gasteiger partial charge in [0.05, 0.1) is 11.3 Å². The molecule has 0 unspecified atom stereocenters. The summed E-state index contributed by atoms with van der Waals surface area (Å²) in [6.07, 6.45) is 1.40. The second-order valence-electron chi connectivity index (χ2n) is 3.32. The first-order valence-corrected chi connectivity index (χ1v) is 6.51. The van der Waals surface area contributed by atoms with Gasteiger partial charge in [0.1, 0.15) is 0 Å². The van der Waals surface area contributed by atoms with Crippen molar-refractivity contribution in [2.45, 2.75) is 6.42 Å². The predicted molar refractivity (Wildman–Crippen MR) is 59.1 cm³/mol. The lowest BCUT2D eigenvalue weighted by Crippen LogP contribution is -2.28. The Bertz CT molecular complexity index is 504. The third-order valence-electron chi connectivity index (χ3n) is 1.89. The van der Waals surface area contributed by atoms with E-state index in [1.807, 2.05) is 0 Å². The van der Waals surface area contributed by atoms with E-state index in [1.165, 1.54) is 18.3 Å². The van der Waals surface area contributed by atoms with Gasteiger partial charge in [0.25, 0.3) is 5.91 Å². The molecular formula is C9H12FN3O3S. The molecule has 0 aliphatic heterocycles. The summed E-state index contributed by atoms with van der Waals surface area (Å²) in [6.45, 7) is 0.101. The molecule has 17 heavy (non-hydrogen) atoms. The number of nitrogens with zero attached hydrogens (tertiary/aromatic N) is 1. The van der Waals surface area contributed by atoms with Gasteiger partial charge >= 0.3 is 0 Å². The fraction of sp³-hybridized carbons (Fsp3) is 0.333. The fourth-order valence-corrected chi connectivity index (χ4v) is 1.67. The van der Waals surface area contributed by atoms with E-state index < -0.39 is 21.9 Å². The number of carbonyl (C=O) groups is 1. The normalized spacial score (nSPS) is 11.2. The van der Waals surface area contributed by atoms with Gasteiger partial charge in [-0.15, -0.1) is 0 Å². The monoisotopic (exact) mass is 261 g/mol. The zero-order chi connectivity index (χ0) is 12.9. The quantitative estimate of drug-likeness (QED) is 0.557. The minimum atomic E-state index is -3.53. The van der Waals surface area contributed by atoms with E-state index in [-0.39, 0.29) is 24.3 Å². The molecule has 0 spiro atoms.